The number of aliphatic carboxylic acids is 1. The van der Waals surface area contributed by atoms with E-state index in [1.165, 1.54) is 0 Å². The number of benzene rings is 2. The van der Waals surface area contributed by atoms with Gasteiger partial charge in [0.2, 0.25) is 0 Å². The van der Waals surface area contributed by atoms with E-state index in [-0.39, 0.29) is 6.42 Å². The Morgan fingerprint density at radius 3 is 2.17 bits per heavy atom. The lowest BCUT2D eigenvalue weighted by Gasteiger charge is -2.00. The summed E-state index contributed by atoms with van der Waals surface area (Å²) in [6, 6.07) is 19.7. The van der Waals surface area contributed by atoms with Crippen LogP contribution in [0.5, 0.6) is 0 Å². The molecule has 0 radical (unpaired) electrons. The van der Waals surface area contributed by atoms with Crippen LogP contribution in [0, 0.1) is 0 Å². The van der Waals surface area contributed by atoms with Gasteiger partial charge >= 0.3 is 5.97 Å². The Balaban J connectivity index is 1.96. The average Bonchev–Trinajstić information content (AvgIpc) is 3.00. The smallest absolute Gasteiger partial charge is 0.303 e. The first-order valence-electron chi connectivity index (χ1n) is 7.56. The largest absolute Gasteiger partial charge is 0.481 e. The molecular formula is C19H17NO3. The summed E-state index contributed by atoms with van der Waals surface area (Å²) in [5.74, 6) is 0.495. The third kappa shape index (κ3) is 3.66. The molecule has 2 aromatic carbocycles. The number of nitrogens with zero attached hydrogens (tertiary/aromatic N) is 1. The molecule has 0 aliphatic heterocycles. The number of carbonyl (C=O) groups is 1. The zero-order chi connectivity index (χ0) is 16.1. The molecule has 23 heavy (non-hydrogen) atoms. The summed E-state index contributed by atoms with van der Waals surface area (Å²) in [7, 11) is 0. The molecule has 3 aromatic rings. The monoisotopic (exact) mass is 307 g/mol. The van der Waals surface area contributed by atoms with Gasteiger partial charge in [0.05, 0.1) is 0 Å². The number of rotatable bonds is 6. The van der Waals surface area contributed by atoms with Crippen LogP contribution in [0.25, 0.3) is 22.6 Å². The van der Waals surface area contributed by atoms with Gasteiger partial charge in [-0.25, -0.2) is 4.98 Å². The number of carboxylic acid groups (broad SMARTS) is 1. The minimum atomic E-state index is -0.803. The van der Waals surface area contributed by atoms with E-state index in [9.17, 15) is 4.79 Å². The van der Waals surface area contributed by atoms with Gasteiger partial charge in [-0.2, -0.15) is 0 Å². The molecule has 0 unspecified atom stereocenters. The normalized spacial score (nSPS) is 10.6. The van der Waals surface area contributed by atoms with Gasteiger partial charge in [-0.05, 0) is 6.42 Å². The fraction of sp³-hybridized carbons (Fsp3) is 0.158. The van der Waals surface area contributed by atoms with Crippen LogP contribution in [-0.4, -0.2) is 16.1 Å². The Bertz CT molecular complexity index is 722. The molecule has 0 fully saturated rings. The summed E-state index contributed by atoms with van der Waals surface area (Å²) in [4.78, 5) is 15.2. The molecule has 0 atom stereocenters. The van der Waals surface area contributed by atoms with Crippen molar-refractivity contribution in [3.63, 3.8) is 0 Å². The van der Waals surface area contributed by atoms with Crippen molar-refractivity contribution in [3.8, 4) is 22.6 Å². The maximum absolute atomic E-state index is 10.7. The van der Waals surface area contributed by atoms with Crippen LogP contribution in [0.2, 0.25) is 0 Å². The van der Waals surface area contributed by atoms with Crippen molar-refractivity contribution in [1.29, 1.82) is 0 Å². The molecule has 1 N–H and O–H groups in total. The highest BCUT2D eigenvalue weighted by Gasteiger charge is 2.16. The Morgan fingerprint density at radius 2 is 1.57 bits per heavy atom. The zero-order valence-electron chi connectivity index (χ0n) is 12.6. The quantitative estimate of drug-likeness (QED) is 0.732. The van der Waals surface area contributed by atoms with Crippen LogP contribution in [-0.2, 0) is 11.2 Å². The highest BCUT2D eigenvalue weighted by Crippen LogP contribution is 2.32. The van der Waals surface area contributed by atoms with Gasteiger partial charge in [0.15, 0.2) is 11.7 Å². The van der Waals surface area contributed by atoms with E-state index < -0.39 is 5.97 Å². The number of hydrogen-bond acceptors (Lipinski definition) is 3. The van der Waals surface area contributed by atoms with Gasteiger partial charge < -0.3 is 9.52 Å². The second-order valence-corrected chi connectivity index (χ2v) is 5.26. The third-order valence-corrected chi connectivity index (χ3v) is 3.54. The highest BCUT2D eigenvalue weighted by molar-refractivity contribution is 5.76. The van der Waals surface area contributed by atoms with Crippen molar-refractivity contribution < 1.29 is 14.3 Å². The van der Waals surface area contributed by atoms with E-state index in [1.807, 2.05) is 60.7 Å². The van der Waals surface area contributed by atoms with E-state index in [0.29, 0.717) is 18.7 Å². The summed E-state index contributed by atoms with van der Waals surface area (Å²) in [5, 5.41) is 8.76. The van der Waals surface area contributed by atoms with Crippen molar-refractivity contribution in [3.05, 3.63) is 66.6 Å². The van der Waals surface area contributed by atoms with Crippen LogP contribution in [0.3, 0.4) is 0 Å². The van der Waals surface area contributed by atoms with E-state index in [4.69, 9.17) is 9.52 Å². The van der Waals surface area contributed by atoms with Gasteiger partial charge in [0.1, 0.15) is 5.69 Å². The summed E-state index contributed by atoms with van der Waals surface area (Å²) in [5.41, 5.74) is 2.74. The Labute approximate surface area is 134 Å². The van der Waals surface area contributed by atoms with E-state index in [1.54, 1.807) is 0 Å². The summed E-state index contributed by atoms with van der Waals surface area (Å²) in [6.07, 6.45) is 1.14. The van der Waals surface area contributed by atoms with Gasteiger partial charge in [0, 0.05) is 24.0 Å². The van der Waals surface area contributed by atoms with Crippen LogP contribution < -0.4 is 0 Å². The molecule has 1 heterocycles. The van der Waals surface area contributed by atoms with Crippen LogP contribution in [0.15, 0.2) is 65.1 Å². The fourth-order valence-electron chi connectivity index (χ4n) is 2.44. The second kappa shape index (κ2) is 6.92. The van der Waals surface area contributed by atoms with Gasteiger partial charge in [-0.15, -0.1) is 0 Å². The van der Waals surface area contributed by atoms with E-state index in [0.717, 1.165) is 22.6 Å². The minimum Gasteiger partial charge on any atom is -0.481 e. The molecule has 0 bridgehead atoms. The molecule has 1 aromatic heterocycles. The lowest BCUT2D eigenvalue weighted by molar-refractivity contribution is -0.137. The van der Waals surface area contributed by atoms with Crippen LogP contribution in [0.1, 0.15) is 18.7 Å². The number of oxazole rings is 1. The molecule has 4 nitrogen and oxygen atoms in total. The van der Waals surface area contributed by atoms with Crippen molar-refractivity contribution in [1.82, 2.24) is 4.98 Å². The van der Waals surface area contributed by atoms with E-state index in [2.05, 4.69) is 4.98 Å². The number of hydrogen-bond donors (Lipinski definition) is 1. The predicted molar refractivity (Wildman–Crippen MR) is 87.9 cm³/mol. The number of aromatic nitrogens is 1. The van der Waals surface area contributed by atoms with Crippen molar-refractivity contribution >= 4 is 5.97 Å². The topological polar surface area (TPSA) is 63.3 Å². The Hall–Kier alpha value is -2.88. The maximum atomic E-state index is 10.7. The van der Waals surface area contributed by atoms with Gasteiger partial charge in [-0.3, -0.25) is 4.79 Å². The first-order valence-corrected chi connectivity index (χ1v) is 7.56. The fourth-order valence-corrected chi connectivity index (χ4v) is 2.44. The molecule has 116 valence electrons. The molecule has 0 aliphatic rings. The predicted octanol–water partition coefficient (Wildman–Crippen LogP) is 4.42. The van der Waals surface area contributed by atoms with Gasteiger partial charge in [0.25, 0.3) is 0 Å². The molecule has 0 amide bonds. The average molecular weight is 307 g/mol. The zero-order valence-corrected chi connectivity index (χ0v) is 12.6. The third-order valence-electron chi connectivity index (χ3n) is 3.54. The maximum Gasteiger partial charge on any atom is 0.303 e. The lowest BCUT2D eigenvalue weighted by Crippen LogP contribution is -1.95. The molecule has 0 aliphatic carbocycles. The molecule has 0 saturated heterocycles. The van der Waals surface area contributed by atoms with Crippen molar-refractivity contribution in [2.24, 2.45) is 0 Å². The minimum absolute atomic E-state index is 0.115. The molecular weight excluding hydrogens is 290 g/mol. The van der Waals surface area contributed by atoms with Crippen LogP contribution >= 0.6 is 0 Å². The molecule has 4 heteroatoms. The molecule has 0 spiro atoms. The molecule has 3 rings (SSSR count). The first kappa shape index (κ1) is 15.0. The number of carboxylic acids is 1. The van der Waals surface area contributed by atoms with Gasteiger partial charge in [-0.1, -0.05) is 60.7 Å². The second-order valence-electron chi connectivity index (χ2n) is 5.26. The lowest BCUT2D eigenvalue weighted by atomic mass is 10.1. The summed E-state index contributed by atoms with van der Waals surface area (Å²) in [6.45, 7) is 0. The standard InChI is InChI=1S/C19H17NO3/c21-17(22)13-7-12-16-20-18(14-8-3-1-4-9-14)19(23-16)15-10-5-2-6-11-15/h1-6,8-11H,7,12-13H2,(H,21,22). The molecule has 0 saturated carbocycles. The number of aryl methyl sites for hydroxylation is 1. The Morgan fingerprint density at radius 1 is 0.957 bits per heavy atom. The SMILES string of the molecule is O=C(O)CCCc1nc(-c2ccccc2)c(-c2ccccc2)o1. The summed E-state index contributed by atoms with van der Waals surface area (Å²) >= 11 is 0. The first-order chi connectivity index (χ1) is 11.2. The van der Waals surface area contributed by atoms with Crippen molar-refractivity contribution in [2.45, 2.75) is 19.3 Å². The summed E-state index contributed by atoms with van der Waals surface area (Å²) < 4.78 is 5.93. The highest BCUT2D eigenvalue weighted by atomic mass is 16.4. The van der Waals surface area contributed by atoms with Crippen molar-refractivity contribution in [2.75, 3.05) is 0 Å². The Kier molecular flexibility index (Phi) is 4.52. The van der Waals surface area contributed by atoms with E-state index >= 15 is 0 Å². The van der Waals surface area contributed by atoms with Crippen LogP contribution in [0.4, 0.5) is 0 Å².